The van der Waals surface area contributed by atoms with Gasteiger partial charge >= 0.3 is 0 Å². The fourth-order valence-corrected chi connectivity index (χ4v) is 4.08. The minimum atomic E-state index is 0.440. The summed E-state index contributed by atoms with van der Waals surface area (Å²) < 4.78 is 12.7. The van der Waals surface area contributed by atoms with Gasteiger partial charge in [-0.05, 0) is 74.6 Å². The summed E-state index contributed by atoms with van der Waals surface area (Å²) in [6.07, 6.45) is 1.87. The highest BCUT2D eigenvalue weighted by Crippen LogP contribution is 2.38. The second kappa shape index (κ2) is 10.2. The Hall–Kier alpha value is -3.55. The Labute approximate surface area is 196 Å². The number of hydrogen-bond acceptors (Lipinski definition) is 3. The Morgan fingerprint density at radius 2 is 1.66 bits per heavy atom. The molecule has 4 aromatic carbocycles. The zero-order valence-corrected chi connectivity index (χ0v) is 19.3. The molecule has 0 heterocycles. The Morgan fingerprint density at radius 3 is 2.41 bits per heavy atom. The van der Waals surface area contributed by atoms with E-state index in [2.05, 4.69) is 34.1 Å². The molecule has 0 saturated heterocycles. The minimum Gasteiger partial charge on any atom is -0.490 e. The van der Waals surface area contributed by atoms with Gasteiger partial charge in [-0.25, -0.2) is 0 Å². The number of hydrogen-bond donors (Lipinski definition) is 0. The van der Waals surface area contributed by atoms with E-state index in [0.717, 1.165) is 31.9 Å². The molecule has 0 bridgehead atoms. The molecular formula is C28H22BrNO2. The van der Waals surface area contributed by atoms with Gasteiger partial charge in [0.1, 0.15) is 6.61 Å². The third-order valence-corrected chi connectivity index (χ3v) is 5.64. The van der Waals surface area contributed by atoms with Crippen molar-refractivity contribution < 1.29 is 9.47 Å². The first kappa shape index (κ1) is 21.7. The third-order valence-electron chi connectivity index (χ3n) is 5.05. The van der Waals surface area contributed by atoms with E-state index in [4.69, 9.17) is 9.47 Å². The molecule has 0 amide bonds. The molecule has 0 fully saturated rings. The van der Waals surface area contributed by atoms with Gasteiger partial charge in [-0.3, -0.25) is 0 Å². The number of allylic oxidation sites excluding steroid dienone is 1. The Morgan fingerprint density at radius 1 is 0.906 bits per heavy atom. The van der Waals surface area contributed by atoms with Crippen LogP contribution in [0.25, 0.3) is 22.4 Å². The molecule has 158 valence electrons. The molecular weight excluding hydrogens is 462 g/mol. The van der Waals surface area contributed by atoms with E-state index in [1.165, 1.54) is 0 Å². The van der Waals surface area contributed by atoms with Crippen LogP contribution in [0.4, 0.5) is 0 Å². The average Bonchev–Trinajstić information content (AvgIpc) is 2.82. The monoisotopic (exact) mass is 483 g/mol. The van der Waals surface area contributed by atoms with E-state index in [0.29, 0.717) is 30.3 Å². The van der Waals surface area contributed by atoms with E-state index in [1.807, 2.05) is 85.8 Å². The van der Waals surface area contributed by atoms with Gasteiger partial charge in [-0.2, -0.15) is 5.26 Å². The largest absolute Gasteiger partial charge is 0.490 e. The summed E-state index contributed by atoms with van der Waals surface area (Å²) in [4.78, 5) is 0. The molecule has 0 aliphatic heterocycles. The van der Waals surface area contributed by atoms with Gasteiger partial charge in [0.15, 0.2) is 11.5 Å². The van der Waals surface area contributed by atoms with Crippen LogP contribution in [0.15, 0.2) is 89.4 Å². The summed E-state index contributed by atoms with van der Waals surface area (Å²) >= 11 is 3.63. The summed E-state index contributed by atoms with van der Waals surface area (Å²) in [6, 6.07) is 30.4. The molecule has 0 N–H and O–H groups in total. The van der Waals surface area contributed by atoms with Crippen LogP contribution in [0.1, 0.15) is 23.6 Å². The third kappa shape index (κ3) is 5.01. The number of rotatable bonds is 7. The van der Waals surface area contributed by atoms with Crippen molar-refractivity contribution in [3.8, 4) is 17.6 Å². The van der Waals surface area contributed by atoms with Crippen molar-refractivity contribution in [1.82, 2.24) is 0 Å². The van der Waals surface area contributed by atoms with Crippen molar-refractivity contribution in [1.29, 1.82) is 5.26 Å². The lowest BCUT2D eigenvalue weighted by Gasteiger charge is -2.15. The highest BCUT2D eigenvalue weighted by molar-refractivity contribution is 9.10. The number of benzene rings is 4. The molecule has 32 heavy (non-hydrogen) atoms. The smallest absolute Gasteiger partial charge is 0.175 e. The van der Waals surface area contributed by atoms with Crippen LogP contribution in [-0.2, 0) is 6.61 Å². The van der Waals surface area contributed by atoms with Crippen LogP contribution < -0.4 is 9.47 Å². The molecule has 0 aromatic heterocycles. The van der Waals surface area contributed by atoms with Crippen LogP contribution in [0.3, 0.4) is 0 Å². The van der Waals surface area contributed by atoms with Gasteiger partial charge < -0.3 is 9.47 Å². The van der Waals surface area contributed by atoms with E-state index >= 15 is 0 Å². The standard InChI is InChI=1S/C28H22BrNO2/c1-2-31-27-16-21(15-26(29)28(27)32-19-20-8-4-3-5-9-20)14-25(18-30)24-13-12-22-10-6-7-11-23(22)17-24/h3-17H,2,19H2,1H3/b25-14-. The van der Waals surface area contributed by atoms with E-state index in [-0.39, 0.29) is 0 Å². The predicted octanol–water partition coefficient (Wildman–Crippen LogP) is 7.64. The van der Waals surface area contributed by atoms with Crippen molar-refractivity contribution in [2.75, 3.05) is 6.61 Å². The number of halogens is 1. The Balaban J connectivity index is 1.67. The molecule has 0 atom stereocenters. The molecule has 4 heteroatoms. The zero-order chi connectivity index (χ0) is 22.3. The van der Waals surface area contributed by atoms with Crippen molar-refractivity contribution in [3.05, 3.63) is 106 Å². The van der Waals surface area contributed by atoms with Crippen molar-refractivity contribution in [3.63, 3.8) is 0 Å². The molecule has 4 rings (SSSR count). The SMILES string of the molecule is CCOc1cc(/C=C(/C#N)c2ccc3ccccc3c2)cc(Br)c1OCc1ccccc1. The second-order valence-electron chi connectivity index (χ2n) is 7.27. The van der Waals surface area contributed by atoms with Crippen molar-refractivity contribution >= 4 is 38.4 Å². The van der Waals surface area contributed by atoms with Gasteiger partial charge in [0.05, 0.1) is 22.7 Å². The lowest BCUT2D eigenvalue weighted by atomic mass is 10.00. The Kier molecular flexibility index (Phi) is 6.89. The van der Waals surface area contributed by atoms with Gasteiger partial charge in [-0.15, -0.1) is 0 Å². The van der Waals surface area contributed by atoms with E-state index in [9.17, 15) is 5.26 Å². The lowest BCUT2D eigenvalue weighted by Crippen LogP contribution is -2.01. The van der Waals surface area contributed by atoms with E-state index < -0.39 is 0 Å². The maximum Gasteiger partial charge on any atom is 0.175 e. The molecule has 3 nitrogen and oxygen atoms in total. The van der Waals surface area contributed by atoms with Gasteiger partial charge in [0.2, 0.25) is 0 Å². The second-order valence-corrected chi connectivity index (χ2v) is 8.12. The number of nitriles is 1. The first-order valence-corrected chi connectivity index (χ1v) is 11.2. The van der Waals surface area contributed by atoms with Crippen molar-refractivity contribution in [2.24, 2.45) is 0 Å². The van der Waals surface area contributed by atoms with Crippen molar-refractivity contribution in [2.45, 2.75) is 13.5 Å². The minimum absolute atomic E-state index is 0.440. The Bertz CT molecular complexity index is 1310. The van der Waals surface area contributed by atoms with Crippen LogP contribution in [0.5, 0.6) is 11.5 Å². The lowest BCUT2D eigenvalue weighted by molar-refractivity contribution is 0.267. The molecule has 0 unspecified atom stereocenters. The molecule has 0 aliphatic rings. The fourth-order valence-electron chi connectivity index (χ4n) is 3.51. The highest BCUT2D eigenvalue weighted by Gasteiger charge is 2.13. The highest BCUT2D eigenvalue weighted by atomic mass is 79.9. The van der Waals surface area contributed by atoms with Gasteiger partial charge in [0.25, 0.3) is 0 Å². The molecule has 0 aliphatic carbocycles. The first-order chi connectivity index (χ1) is 15.7. The quantitative estimate of drug-likeness (QED) is 0.200. The summed E-state index contributed by atoms with van der Waals surface area (Å²) in [6.45, 7) is 2.89. The molecule has 0 radical (unpaired) electrons. The summed E-state index contributed by atoms with van der Waals surface area (Å²) in [5, 5.41) is 12.1. The van der Waals surface area contributed by atoms with Crippen LogP contribution in [0, 0.1) is 11.3 Å². The maximum absolute atomic E-state index is 9.83. The summed E-state index contributed by atoms with van der Waals surface area (Å²) in [7, 11) is 0. The number of ether oxygens (including phenoxy) is 2. The fraction of sp³-hybridized carbons (Fsp3) is 0.107. The summed E-state index contributed by atoms with van der Waals surface area (Å²) in [5.41, 5.74) is 3.40. The topological polar surface area (TPSA) is 42.2 Å². The summed E-state index contributed by atoms with van der Waals surface area (Å²) in [5.74, 6) is 1.29. The number of fused-ring (bicyclic) bond motifs is 1. The van der Waals surface area contributed by atoms with Crippen LogP contribution >= 0.6 is 15.9 Å². The van der Waals surface area contributed by atoms with Crippen LogP contribution in [0.2, 0.25) is 0 Å². The van der Waals surface area contributed by atoms with Gasteiger partial charge in [0, 0.05) is 0 Å². The normalized spacial score (nSPS) is 11.2. The number of nitrogens with zero attached hydrogens (tertiary/aromatic N) is 1. The predicted molar refractivity (Wildman–Crippen MR) is 134 cm³/mol. The molecule has 0 saturated carbocycles. The van der Waals surface area contributed by atoms with Gasteiger partial charge in [-0.1, -0.05) is 66.7 Å². The molecule has 4 aromatic rings. The maximum atomic E-state index is 9.83. The van der Waals surface area contributed by atoms with E-state index in [1.54, 1.807) is 0 Å². The molecule has 0 spiro atoms. The van der Waals surface area contributed by atoms with Crippen LogP contribution in [-0.4, -0.2) is 6.61 Å². The average molecular weight is 484 g/mol. The zero-order valence-electron chi connectivity index (χ0n) is 17.7. The first-order valence-electron chi connectivity index (χ1n) is 10.4.